The van der Waals surface area contributed by atoms with Crippen LogP contribution in [-0.4, -0.2) is 51.6 Å². The number of ether oxygens (including phenoxy) is 1. The number of nitro groups is 1. The predicted octanol–water partition coefficient (Wildman–Crippen LogP) is 1.20. The summed E-state index contributed by atoms with van der Waals surface area (Å²) in [4.78, 5) is 34.9. The van der Waals surface area contributed by atoms with Crippen molar-refractivity contribution < 1.29 is 24.4 Å². The molecule has 0 aliphatic carbocycles. The van der Waals surface area contributed by atoms with Crippen molar-refractivity contribution in [2.45, 2.75) is 6.04 Å². The van der Waals surface area contributed by atoms with Gasteiger partial charge in [0, 0.05) is 11.8 Å². The molecular formula is C12H12N2O6S. The molecule has 0 unspecified atom stereocenters. The molecule has 1 saturated heterocycles. The molecule has 1 amide bonds. The number of methoxy groups -OCH3 is 1. The van der Waals surface area contributed by atoms with Gasteiger partial charge in [-0.3, -0.25) is 14.9 Å². The molecule has 1 aliphatic heterocycles. The predicted molar refractivity (Wildman–Crippen MR) is 74.6 cm³/mol. The fourth-order valence-corrected chi connectivity index (χ4v) is 3.12. The van der Waals surface area contributed by atoms with Gasteiger partial charge in [0.1, 0.15) is 11.8 Å². The summed E-state index contributed by atoms with van der Waals surface area (Å²) in [5.41, 5.74) is -0.0918. The van der Waals surface area contributed by atoms with E-state index in [9.17, 15) is 19.7 Å². The second-order valence-corrected chi connectivity index (χ2v) is 5.27. The lowest BCUT2D eigenvalue weighted by atomic mass is 10.1. The highest BCUT2D eigenvalue weighted by atomic mass is 32.2. The summed E-state index contributed by atoms with van der Waals surface area (Å²) in [6.07, 6.45) is 0. The number of benzene rings is 1. The van der Waals surface area contributed by atoms with Crippen molar-refractivity contribution in [1.29, 1.82) is 0 Å². The van der Waals surface area contributed by atoms with Crippen LogP contribution in [0.2, 0.25) is 0 Å². The zero-order chi connectivity index (χ0) is 15.6. The number of hydrogen-bond acceptors (Lipinski definition) is 6. The number of nitro benzene ring substituents is 1. The van der Waals surface area contributed by atoms with Gasteiger partial charge in [-0.05, 0) is 6.07 Å². The van der Waals surface area contributed by atoms with Gasteiger partial charge in [0.2, 0.25) is 0 Å². The highest BCUT2D eigenvalue weighted by Crippen LogP contribution is 2.29. The third-order valence-corrected chi connectivity index (χ3v) is 4.07. The average Bonchev–Trinajstić information content (AvgIpc) is 2.95. The Labute approximate surface area is 123 Å². The summed E-state index contributed by atoms with van der Waals surface area (Å²) in [5, 5.41) is 19.8. The first-order chi connectivity index (χ1) is 9.95. The summed E-state index contributed by atoms with van der Waals surface area (Å²) >= 11 is 1.34. The molecule has 112 valence electrons. The van der Waals surface area contributed by atoms with Gasteiger partial charge in [0.25, 0.3) is 11.6 Å². The van der Waals surface area contributed by atoms with Crippen LogP contribution >= 0.6 is 11.8 Å². The van der Waals surface area contributed by atoms with E-state index in [2.05, 4.69) is 0 Å². The van der Waals surface area contributed by atoms with E-state index in [-0.39, 0.29) is 22.9 Å². The van der Waals surface area contributed by atoms with E-state index in [4.69, 9.17) is 9.84 Å². The quantitative estimate of drug-likeness (QED) is 0.657. The minimum atomic E-state index is -1.07. The molecular weight excluding hydrogens is 300 g/mol. The smallest absolute Gasteiger partial charge is 0.327 e. The number of carboxylic acid groups (broad SMARTS) is 1. The number of hydrogen-bond donors (Lipinski definition) is 1. The van der Waals surface area contributed by atoms with Crippen LogP contribution in [0, 0.1) is 10.1 Å². The Morgan fingerprint density at radius 2 is 2.24 bits per heavy atom. The molecule has 1 aliphatic rings. The van der Waals surface area contributed by atoms with Crippen molar-refractivity contribution in [3.05, 3.63) is 33.9 Å². The van der Waals surface area contributed by atoms with Gasteiger partial charge in [-0.1, -0.05) is 0 Å². The molecule has 1 heterocycles. The van der Waals surface area contributed by atoms with Gasteiger partial charge in [0.05, 0.1) is 29.5 Å². The van der Waals surface area contributed by atoms with E-state index in [1.165, 1.54) is 35.9 Å². The number of carbonyl (C=O) groups is 2. The molecule has 8 nitrogen and oxygen atoms in total. The first-order valence-corrected chi connectivity index (χ1v) is 7.05. The summed E-state index contributed by atoms with van der Waals surface area (Å²) in [6.45, 7) is 0. The number of nitrogens with zero attached hydrogens (tertiary/aromatic N) is 2. The molecule has 1 aromatic carbocycles. The fourth-order valence-electron chi connectivity index (χ4n) is 1.97. The third kappa shape index (κ3) is 2.92. The molecule has 0 radical (unpaired) electrons. The number of non-ortho nitro benzene ring substituents is 1. The summed E-state index contributed by atoms with van der Waals surface area (Å²) in [5.74, 6) is -0.963. The highest BCUT2D eigenvalue weighted by Gasteiger charge is 2.36. The number of aliphatic carboxylic acids is 1. The molecule has 21 heavy (non-hydrogen) atoms. The van der Waals surface area contributed by atoms with E-state index in [1.54, 1.807) is 0 Å². The molecule has 1 aromatic rings. The van der Waals surface area contributed by atoms with Crippen LogP contribution in [0.1, 0.15) is 10.4 Å². The number of amides is 1. The minimum Gasteiger partial charge on any atom is -0.496 e. The maximum atomic E-state index is 12.4. The van der Waals surface area contributed by atoms with Crippen LogP contribution in [0.3, 0.4) is 0 Å². The van der Waals surface area contributed by atoms with Crippen molar-refractivity contribution >= 4 is 29.3 Å². The Kier molecular flexibility index (Phi) is 4.32. The Balaban J connectivity index is 2.35. The Morgan fingerprint density at radius 1 is 1.52 bits per heavy atom. The maximum Gasteiger partial charge on any atom is 0.327 e. The van der Waals surface area contributed by atoms with Gasteiger partial charge in [-0.25, -0.2) is 4.79 Å². The van der Waals surface area contributed by atoms with Crippen LogP contribution in [0.5, 0.6) is 5.75 Å². The van der Waals surface area contributed by atoms with Crippen molar-refractivity contribution in [2.75, 3.05) is 18.7 Å². The fraction of sp³-hybridized carbons (Fsp3) is 0.333. The molecule has 1 N–H and O–H groups in total. The summed E-state index contributed by atoms with van der Waals surface area (Å²) in [7, 11) is 1.29. The van der Waals surface area contributed by atoms with Crippen LogP contribution < -0.4 is 4.74 Å². The van der Waals surface area contributed by atoms with Crippen molar-refractivity contribution in [3.8, 4) is 5.75 Å². The number of rotatable bonds is 4. The largest absolute Gasteiger partial charge is 0.496 e. The number of carbonyl (C=O) groups excluding carboxylic acids is 1. The van der Waals surface area contributed by atoms with E-state index < -0.39 is 22.8 Å². The SMILES string of the molecule is COc1cc([N+](=O)[O-])ccc1C(=O)N1CSC[C@H]1C(=O)O. The molecule has 0 saturated carbocycles. The van der Waals surface area contributed by atoms with E-state index in [0.29, 0.717) is 5.75 Å². The normalized spacial score (nSPS) is 17.6. The standard InChI is InChI=1S/C12H12N2O6S/c1-20-10-4-7(14(18)19)2-3-8(10)11(15)13-6-21-5-9(13)12(16)17/h2-4,9H,5-6H2,1H3,(H,16,17)/t9-/m0/s1. The maximum absolute atomic E-state index is 12.4. The van der Waals surface area contributed by atoms with Gasteiger partial charge < -0.3 is 14.7 Å². The average molecular weight is 312 g/mol. The second kappa shape index (κ2) is 6.00. The lowest BCUT2D eigenvalue weighted by molar-refractivity contribution is -0.384. The molecule has 0 bridgehead atoms. The van der Waals surface area contributed by atoms with Gasteiger partial charge in [-0.15, -0.1) is 11.8 Å². The van der Waals surface area contributed by atoms with Crippen molar-refractivity contribution in [2.24, 2.45) is 0 Å². The minimum absolute atomic E-state index is 0.0511. The van der Waals surface area contributed by atoms with Crippen molar-refractivity contribution in [1.82, 2.24) is 4.90 Å². The van der Waals surface area contributed by atoms with Crippen molar-refractivity contribution in [3.63, 3.8) is 0 Å². The molecule has 9 heteroatoms. The zero-order valence-corrected chi connectivity index (χ0v) is 11.8. The lowest BCUT2D eigenvalue weighted by Crippen LogP contribution is -2.41. The summed E-state index contributed by atoms with van der Waals surface area (Å²) < 4.78 is 5.01. The first-order valence-electron chi connectivity index (χ1n) is 5.89. The zero-order valence-electron chi connectivity index (χ0n) is 11.0. The van der Waals surface area contributed by atoms with Crippen LogP contribution in [0.25, 0.3) is 0 Å². The topological polar surface area (TPSA) is 110 Å². The number of carboxylic acids is 1. The number of thioether (sulfide) groups is 1. The first kappa shape index (κ1) is 15.1. The van der Waals surface area contributed by atoms with Crippen LogP contribution in [-0.2, 0) is 4.79 Å². The van der Waals surface area contributed by atoms with Crippen LogP contribution in [0.15, 0.2) is 18.2 Å². The van der Waals surface area contributed by atoms with Gasteiger partial charge in [-0.2, -0.15) is 0 Å². The van der Waals surface area contributed by atoms with E-state index in [1.807, 2.05) is 0 Å². The third-order valence-electron chi connectivity index (χ3n) is 3.05. The monoisotopic (exact) mass is 312 g/mol. The molecule has 2 rings (SSSR count). The summed E-state index contributed by atoms with van der Waals surface area (Å²) in [6, 6.07) is 2.71. The lowest BCUT2D eigenvalue weighted by Gasteiger charge is -2.21. The Bertz CT molecular complexity index is 605. The Morgan fingerprint density at radius 3 is 2.81 bits per heavy atom. The van der Waals surface area contributed by atoms with Gasteiger partial charge in [0.15, 0.2) is 0 Å². The van der Waals surface area contributed by atoms with Gasteiger partial charge >= 0.3 is 5.97 Å². The molecule has 1 fully saturated rings. The van der Waals surface area contributed by atoms with E-state index >= 15 is 0 Å². The molecule has 0 aromatic heterocycles. The highest BCUT2D eigenvalue weighted by molar-refractivity contribution is 7.99. The second-order valence-electron chi connectivity index (χ2n) is 4.27. The molecule has 0 spiro atoms. The van der Waals surface area contributed by atoms with Crippen LogP contribution in [0.4, 0.5) is 5.69 Å². The Hall–Kier alpha value is -2.29. The molecule has 1 atom stereocenters. The van der Waals surface area contributed by atoms with E-state index in [0.717, 1.165) is 6.07 Å².